The maximum Gasteiger partial charge on any atom is 0.228 e. The summed E-state index contributed by atoms with van der Waals surface area (Å²) in [5.74, 6) is 0.189. The van der Waals surface area contributed by atoms with Gasteiger partial charge in [-0.25, -0.2) is 0 Å². The van der Waals surface area contributed by atoms with E-state index in [0.717, 1.165) is 18.8 Å². The molecule has 0 atom stereocenters. The van der Waals surface area contributed by atoms with E-state index in [1.807, 2.05) is 51.7 Å². The molecular formula is C14H24N2O. The number of rotatable bonds is 1. The third-order valence-electron chi connectivity index (χ3n) is 2.40. The maximum absolute atomic E-state index is 11.5. The normalized spacial score (nSPS) is 12.8. The Balaban J connectivity index is 0.000000581. The van der Waals surface area contributed by atoms with Gasteiger partial charge in [0.05, 0.1) is 12.1 Å². The van der Waals surface area contributed by atoms with Crippen LogP contribution in [0.2, 0.25) is 0 Å². The van der Waals surface area contributed by atoms with Crippen molar-refractivity contribution in [1.82, 2.24) is 9.88 Å². The van der Waals surface area contributed by atoms with Crippen LogP contribution in [0.5, 0.6) is 0 Å². The van der Waals surface area contributed by atoms with E-state index < -0.39 is 0 Å². The topological polar surface area (TPSA) is 33.2 Å². The van der Waals surface area contributed by atoms with Crippen LogP contribution in [0.1, 0.15) is 45.9 Å². The molecule has 0 aliphatic carbocycles. The minimum absolute atomic E-state index is 0.189. The molecule has 17 heavy (non-hydrogen) atoms. The van der Waals surface area contributed by atoms with Crippen LogP contribution in [-0.2, 0) is 17.8 Å². The van der Waals surface area contributed by atoms with E-state index in [4.69, 9.17) is 0 Å². The summed E-state index contributed by atoms with van der Waals surface area (Å²) < 4.78 is 0. The number of likely N-dealkylation sites (N-methyl/N-ethyl adjacent to an activating group) is 1. The molecule has 0 bridgehead atoms. The highest BCUT2D eigenvalue weighted by Gasteiger charge is 2.21. The Morgan fingerprint density at radius 3 is 2.53 bits per heavy atom. The van der Waals surface area contributed by atoms with Gasteiger partial charge in [-0.2, -0.15) is 0 Å². The minimum atomic E-state index is 0.189. The Morgan fingerprint density at radius 2 is 1.94 bits per heavy atom. The van der Waals surface area contributed by atoms with Crippen LogP contribution in [0.3, 0.4) is 0 Å². The molecule has 2 rings (SSSR count). The van der Waals surface area contributed by atoms with E-state index >= 15 is 0 Å². The average Bonchev–Trinajstić information content (AvgIpc) is 2.42. The summed E-state index contributed by atoms with van der Waals surface area (Å²) in [6.45, 7) is 11.5. The lowest BCUT2D eigenvalue weighted by atomic mass is 10.1. The number of carbonyl (C=O) groups is 1. The second-order valence-corrected chi connectivity index (χ2v) is 3.19. The molecule has 0 spiro atoms. The van der Waals surface area contributed by atoms with Crippen molar-refractivity contribution >= 4 is 5.91 Å². The summed E-state index contributed by atoms with van der Waals surface area (Å²) in [5.41, 5.74) is 2.13. The van der Waals surface area contributed by atoms with E-state index in [0.29, 0.717) is 6.42 Å². The van der Waals surface area contributed by atoms with E-state index in [1.54, 1.807) is 6.20 Å². The van der Waals surface area contributed by atoms with Gasteiger partial charge in [-0.05, 0) is 18.6 Å². The first-order valence-corrected chi connectivity index (χ1v) is 6.52. The largest absolute Gasteiger partial charge is 0.338 e. The Labute approximate surface area is 105 Å². The minimum Gasteiger partial charge on any atom is -0.338 e. The molecule has 1 aliphatic rings. The lowest BCUT2D eigenvalue weighted by Crippen LogP contribution is -2.36. The maximum atomic E-state index is 11.5. The molecule has 0 unspecified atom stereocenters. The molecule has 0 fully saturated rings. The van der Waals surface area contributed by atoms with Crippen LogP contribution in [0.15, 0.2) is 18.3 Å². The van der Waals surface area contributed by atoms with E-state index in [9.17, 15) is 4.79 Å². The van der Waals surface area contributed by atoms with Crippen molar-refractivity contribution in [2.24, 2.45) is 0 Å². The number of hydrogen-bond acceptors (Lipinski definition) is 2. The highest BCUT2D eigenvalue weighted by molar-refractivity contribution is 5.80. The summed E-state index contributed by atoms with van der Waals surface area (Å²) in [4.78, 5) is 17.5. The molecule has 0 saturated carbocycles. The van der Waals surface area contributed by atoms with Crippen LogP contribution in [0.25, 0.3) is 0 Å². The Bertz CT molecular complexity index is 337. The first kappa shape index (κ1) is 15.6. The standard InChI is InChI=1S/C10H12N2O.2C2H6/c1-2-12-7-8-4-3-5-11-9(8)6-10(12)13;2*1-2/h3-5H,2,6-7H2,1H3;2*1-2H3. The monoisotopic (exact) mass is 236 g/mol. The van der Waals surface area contributed by atoms with Crippen LogP contribution in [-0.4, -0.2) is 22.3 Å². The first-order chi connectivity index (χ1) is 8.31. The lowest BCUT2D eigenvalue weighted by molar-refractivity contribution is -0.131. The van der Waals surface area contributed by atoms with Crippen molar-refractivity contribution in [3.63, 3.8) is 0 Å². The Morgan fingerprint density at radius 1 is 1.29 bits per heavy atom. The number of pyridine rings is 1. The van der Waals surface area contributed by atoms with Gasteiger partial charge in [-0.15, -0.1) is 0 Å². The molecule has 1 aromatic heterocycles. The molecule has 0 aromatic carbocycles. The first-order valence-electron chi connectivity index (χ1n) is 6.52. The van der Waals surface area contributed by atoms with Crippen LogP contribution < -0.4 is 0 Å². The number of nitrogens with zero attached hydrogens (tertiary/aromatic N) is 2. The van der Waals surface area contributed by atoms with Crippen molar-refractivity contribution in [3.05, 3.63) is 29.6 Å². The summed E-state index contributed by atoms with van der Waals surface area (Å²) in [7, 11) is 0. The highest BCUT2D eigenvalue weighted by atomic mass is 16.2. The molecule has 2 heterocycles. The molecule has 1 amide bonds. The van der Waals surface area contributed by atoms with E-state index in [-0.39, 0.29) is 5.91 Å². The SMILES string of the molecule is CC.CC.CCN1Cc2cccnc2CC1=O. The molecule has 0 saturated heterocycles. The molecule has 0 N–H and O–H groups in total. The van der Waals surface area contributed by atoms with Gasteiger partial charge in [0.15, 0.2) is 0 Å². The average molecular weight is 236 g/mol. The molecule has 1 aromatic rings. The van der Waals surface area contributed by atoms with Gasteiger partial charge in [-0.3, -0.25) is 9.78 Å². The number of carbonyl (C=O) groups excluding carboxylic acids is 1. The highest BCUT2D eigenvalue weighted by Crippen LogP contribution is 2.16. The summed E-state index contributed by atoms with van der Waals surface area (Å²) >= 11 is 0. The molecule has 96 valence electrons. The van der Waals surface area contributed by atoms with E-state index in [1.165, 1.54) is 5.56 Å². The molecule has 3 nitrogen and oxygen atoms in total. The van der Waals surface area contributed by atoms with Gasteiger partial charge < -0.3 is 4.90 Å². The second-order valence-electron chi connectivity index (χ2n) is 3.19. The van der Waals surface area contributed by atoms with Crippen LogP contribution in [0, 0.1) is 0 Å². The van der Waals surface area contributed by atoms with Gasteiger partial charge in [0.25, 0.3) is 0 Å². The van der Waals surface area contributed by atoms with Crippen molar-refractivity contribution < 1.29 is 4.79 Å². The van der Waals surface area contributed by atoms with Gasteiger partial charge in [0, 0.05) is 19.3 Å². The molecule has 1 aliphatic heterocycles. The Kier molecular flexibility index (Phi) is 8.03. The zero-order chi connectivity index (χ0) is 13.3. The fourth-order valence-corrected chi connectivity index (χ4v) is 1.61. The second kappa shape index (κ2) is 8.74. The molecule has 0 radical (unpaired) electrons. The fraction of sp³-hybridized carbons (Fsp3) is 0.571. The van der Waals surface area contributed by atoms with E-state index in [2.05, 4.69) is 4.98 Å². The zero-order valence-electron chi connectivity index (χ0n) is 11.7. The predicted octanol–water partition coefficient (Wildman–Crippen LogP) is 3.04. The summed E-state index contributed by atoms with van der Waals surface area (Å²) in [6, 6.07) is 3.96. The third-order valence-corrected chi connectivity index (χ3v) is 2.40. The van der Waals surface area contributed by atoms with Crippen molar-refractivity contribution in [1.29, 1.82) is 0 Å². The zero-order valence-corrected chi connectivity index (χ0v) is 11.7. The van der Waals surface area contributed by atoms with Crippen molar-refractivity contribution in [2.75, 3.05) is 6.54 Å². The number of amides is 1. The number of aromatic nitrogens is 1. The van der Waals surface area contributed by atoms with Gasteiger partial charge in [0.2, 0.25) is 5.91 Å². The van der Waals surface area contributed by atoms with Gasteiger partial charge in [-0.1, -0.05) is 33.8 Å². The van der Waals surface area contributed by atoms with Gasteiger partial charge in [0.1, 0.15) is 0 Å². The van der Waals surface area contributed by atoms with Crippen molar-refractivity contribution in [3.8, 4) is 0 Å². The van der Waals surface area contributed by atoms with Gasteiger partial charge >= 0.3 is 0 Å². The Hall–Kier alpha value is -1.38. The molecular weight excluding hydrogens is 212 g/mol. The summed E-state index contributed by atoms with van der Waals surface area (Å²) in [5, 5.41) is 0. The van der Waals surface area contributed by atoms with Crippen LogP contribution >= 0.6 is 0 Å². The molecule has 3 heteroatoms. The van der Waals surface area contributed by atoms with Crippen molar-refractivity contribution in [2.45, 2.75) is 47.6 Å². The quantitative estimate of drug-likeness (QED) is 0.751. The number of fused-ring (bicyclic) bond motifs is 1. The predicted molar refractivity (Wildman–Crippen MR) is 71.7 cm³/mol. The fourth-order valence-electron chi connectivity index (χ4n) is 1.61. The third kappa shape index (κ3) is 4.17. The smallest absolute Gasteiger partial charge is 0.228 e. The lowest BCUT2D eigenvalue weighted by Gasteiger charge is -2.26. The van der Waals surface area contributed by atoms with Crippen LogP contribution in [0.4, 0.5) is 0 Å². The summed E-state index contributed by atoms with van der Waals surface area (Å²) in [6.07, 6.45) is 2.21. The number of hydrogen-bond donors (Lipinski definition) is 0.